The topological polar surface area (TPSA) is 35.5 Å². The number of ether oxygens (including phenoxy) is 2. The molecule has 0 saturated carbocycles. The average molecular weight is 310 g/mol. The maximum atomic E-state index is 11.5. The van der Waals surface area contributed by atoms with Crippen molar-refractivity contribution in [2.75, 3.05) is 6.61 Å². The van der Waals surface area contributed by atoms with Crippen LogP contribution in [0.25, 0.3) is 11.1 Å². The molecule has 120 valence electrons. The third kappa shape index (κ3) is 4.71. The second-order valence-corrected chi connectivity index (χ2v) is 5.39. The smallest absolute Gasteiger partial charge is 0.333 e. The molecule has 1 unspecified atom stereocenters. The van der Waals surface area contributed by atoms with Gasteiger partial charge in [-0.1, -0.05) is 62.0 Å². The molecule has 0 bridgehead atoms. The van der Waals surface area contributed by atoms with Crippen molar-refractivity contribution >= 4 is 5.97 Å². The minimum Gasteiger partial charge on any atom is -0.486 e. The van der Waals surface area contributed by atoms with Crippen molar-refractivity contribution in [2.45, 2.75) is 26.4 Å². The molecule has 23 heavy (non-hydrogen) atoms. The van der Waals surface area contributed by atoms with E-state index in [-0.39, 0.29) is 18.7 Å². The predicted molar refractivity (Wildman–Crippen MR) is 92.4 cm³/mol. The molecule has 2 aromatic carbocycles. The van der Waals surface area contributed by atoms with E-state index < -0.39 is 0 Å². The number of carbonyl (C=O) groups is 1. The second-order valence-electron chi connectivity index (χ2n) is 5.39. The van der Waals surface area contributed by atoms with Crippen LogP contribution in [0.5, 0.6) is 5.75 Å². The number of para-hydroxylation sites is 1. The van der Waals surface area contributed by atoms with E-state index in [0.717, 1.165) is 23.3 Å². The van der Waals surface area contributed by atoms with Crippen LogP contribution >= 0.6 is 0 Å². The van der Waals surface area contributed by atoms with Gasteiger partial charge in [0.1, 0.15) is 18.5 Å². The van der Waals surface area contributed by atoms with Crippen LogP contribution in [0.3, 0.4) is 0 Å². The zero-order valence-corrected chi connectivity index (χ0v) is 13.6. The molecule has 0 saturated heterocycles. The normalized spacial score (nSPS) is 11.6. The van der Waals surface area contributed by atoms with Crippen molar-refractivity contribution in [2.24, 2.45) is 0 Å². The first kappa shape index (κ1) is 16.8. The number of rotatable bonds is 7. The molecule has 0 aromatic heterocycles. The summed E-state index contributed by atoms with van der Waals surface area (Å²) < 4.78 is 11.3. The number of hydrogen-bond donors (Lipinski definition) is 0. The van der Waals surface area contributed by atoms with Gasteiger partial charge in [-0.25, -0.2) is 4.79 Å². The minimum absolute atomic E-state index is 0.192. The first-order valence-electron chi connectivity index (χ1n) is 7.75. The highest BCUT2D eigenvalue weighted by molar-refractivity contribution is 5.86. The zero-order chi connectivity index (χ0) is 16.7. The maximum Gasteiger partial charge on any atom is 0.333 e. The lowest BCUT2D eigenvalue weighted by molar-refractivity contribution is -0.141. The van der Waals surface area contributed by atoms with E-state index >= 15 is 0 Å². The van der Waals surface area contributed by atoms with Crippen molar-refractivity contribution < 1.29 is 14.3 Å². The Morgan fingerprint density at radius 2 is 1.74 bits per heavy atom. The van der Waals surface area contributed by atoms with Crippen LogP contribution in [0.15, 0.2) is 66.7 Å². The highest BCUT2D eigenvalue weighted by Crippen LogP contribution is 2.30. The molecule has 1 atom stereocenters. The Balaban J connectivity index is 2.12. The van der Waals surface area contributed by atoms with Crippen molar-refractivity contribution in [3.05, 3.63) is 66.7 Å². The van der Waals surface area contributed by atoms with Gasteiger partial charge in [0.2, 0.25) is 0 Å². The summed E-state index contributed by atoms with van der Waals surface area (Å²) in [5.41, 5.74) is 2.51. The van der Waals surface area contributed by atoms with E-state index in [9.17, 15) is 4.79 Å². The highest BCUT2D eigenvalue weighted by Gasteiger charge is 2.14. The Hall–Kier alpha value is -2.55. The Morgan fingerprint density at radius 3 is 2.39 bits per heavy atom. The molecule has 0 radical (unpaired) electrons. The van der Waals surface area contributed by atoms with E-state index in [2.05, 4.69) is 6.58 Å². The molecule has 0 aliphatic carbocycles. The van der Waals surface area contributed by atoms with Gasteiger partial charge < -0.3 is 9.47 Å². The quantitative estimate of drug-likeness (QED) is 0.552. The molecular formula is C20H22O3. The number of esters is 1. The van der Waals surface area contributed by atoms with E-state index in [0.29, 0.717) is 5.57 Å². The van der Waals surface area contributed by atoms with E-state index in [1.165, 1.54) is 0 Å². The van der Waals surface area contributed by atoms with Gasteiger partial charge in [0.05, 0.1) is 0 Å². The van der Waals surface area contributed by atoms with Crippen LogP contribution in [0, 0.1) is 0 Å². The van der Waals surface area contributed by atoms with Gasteiger partial charge in [-0.2, -0.15) is 0 Å². The summed E-state index contributed by atoms with van der Waals surface area (Å²) in [4.78, 5) is 11.5. The minimum atomic E-state index is -0.386. The van der Waals surface area contributed by atoms with E-state index in [1.54, 1.807) is 6.92 Å². The fourth-order valence-electron chi connectivity index (χ4n) is 2.13. The molecule has 0 amide bonds. The number of benzene rings is 2. The molecule has 0 spiro atoms. The predicted octanol–water partition coefficient (Wildman–Crippen LogP) is 4.63. The third-order valence-electron chi connectivity index (χ3n) is 3.47. The van der Waals surface area contributed by atoms with E-state index in [4.69, 9.17) is 9.47 Å². The summed E-state index contributed by atoms with van der Waals surface area (Å²) in [6.45, 7) is 7.43. The molecular weight excluding hydrogens is 288 g/mol. The van der Waals surface area contributed by atoms with Crippen molar-refractivity contribution in [1.29, 1.82) is 0 Å². The standard InChI is InChI=1S/C20H22O3/c1-4-17(14-22-20(21)15(2)3)23-19-13-9-8-12-18(19)16-10-6-5-7-11-16/h5-13,17H,2,4,14H2,1,3H3. The molecule has 0 aliphatic rings. The molecule has 0 aliphatic heterocycles. The highest BCUT2D eigenvalue weighted by atomic mass is 16.6. The SMILES string of the molecule is C=C(C)C(=O)OCC(CC)Oc1ccccc1-c1ccccc1. The van der Waals surface area contributed by atoms with Crippen molar-refractivity contribution in [1.82, 2.24) is 0 Å². The monoisotopic (exact) mass is 310 g/mol. The summed E-state index contributed by atoms with van der Waals surface area (Å²) in [5, 5.41) is 0. The van der Waals surface area contributed by atoms with Crippen LogP contribution in [0.4, 0.5) is 0 Å². The molecule has 0 heterocycles. The molecule has 2 rings (SSSR count). The summed E-state index contributed by atoms with van der Waals surface area (Å²) in [7, 11) is 0. The van der Waals surface area contributed by atoms with Crippen LogP contribution in [-0.4, -0.2) is 18.7 Å². The fraction of sp³-hybridized carbons (Fsp3) is 0.250. The van der Waals surface area contributed by atoms with Gasteiger partial charge in [-0.05, 0) is 25.0 Å². The number of hydrogen-bond acceptors (Lipinski definition) is 3. The summed E-state index contributed by atoms with van der Waals surface area (Å²) in [6.07, 6.45) is 0.551. The first-order chi connectivity index (χ1) is 11.1. The molecule has 3 heteroatoms. The third-order valence-corrected chi connectivity index (χ3v) is 3.47. The van der Waals surface area contributed by atoms with Crippen LogP contribution < -0.4 is 4.74 Å². The lowest BCUT2D eigenvalue weighted by Crippen LogP contribution is -2.24. The van der Waals surface area contributed by atoms with Crippen molar-refractivity contribution in [3.63, 3.8) is 0 Å². The fourth-order valence-corrected chi connectivity index (χ4v) is 2.13. The zero-order valence-electron chi connectivity index (χ0n) is 13.6. The van der Waals surface area contributed by atoms with Crippen LogP contribution in [0.1, 0.15) is 20.3 Å². The molecule has 0 fully saturated rings. The first-order valence-corrected chi connectivity index (χ1v) is 7.75. The Bertz CT molecular complexity index is 662. The van der Waals surface area contributed by atoms with Gasteiger partial charge in [-0.15, -0.1) is 0 Å². The van der Waals surface area contributed by atoms with E-state index in [1.807, 2.05) is 61.5 Å². The summed E-state index contributed by atoms with van der Waals surface area (Å²) in [6, 6.07) is 18.0. The Kier molecular flexibility index (Phi) is 5.98. The van der Waals surface area contributed by atoms with Gasteiger partial charge in [0.15, 0.2) is 0 Å². The molecule has 2 aromatic rings. The summed E-state index contributed by atoms with van der Waals surface area (Å²) >= 11 is 0. The van der Waals surface area contributed by atoms with Gasteiger partial charge >= 0.3 is 5.97 Å². The maximum absolute atomic E-state index is 11.5. The lowest BCUT2D eigenvalue weighted by atomic mass is 10.0. The Morgan fingerprint density at radius 1 is 1.09 bits per heavy atom. The summed E-state index contributed by atoms with van der Waals surface area (Å²) in [5.74, 6) is 0.403. The molecule has 0 N–H and O–H groups in total. The van der Waals surface area contributed by atoms with Gasteiger partial charge in [-0.3, -0.25) is 0 Å². The van der Waals surface area contributed by atoms with Crippen LogP contribution in [0.2, 0.25) is 0 Å². The van der Waals surface area contributed by atoms with Gasteiger partial charge in [0, 0.05) is 11.1 Å². The largest absolute Gasteiger partial charge is 0.486 e. The molecule has 3 nitrogen and oxygen atoms in total. The average Bonchev–Trinajstić information content (AvgIpc) is 2.59. The Labute approximate surface area is 137 Å². The number of carbonyl (C=O) groups excluding carboxylic acids is 1. The lowest BCUT2D eigenvalue weighted by Gasteiger charge is -2.20. The van der Waals surface area contributed by atoms with Crippen molar-refractivity contribution in [3.8, 4) is 16.9 Å². The van der Waals surface area contributed by atoms with Gasteiger partial charge in [0.25, 0.3) is 0 Å². The second kappa shape index (κ2) is 8.18. The van der Waals surface area contributed by atoms with Crippen LogP contribution in [-0.2, 0) is 9.53 Å².